The van der Waals surface area contributed by atoms with Crippen molar-refractivity contribution in [2.75, 3.05) is 18.1 Å². The van der Waals surface area contributed by atoms with E-state index >= 15 is 0 Å². The molecule has 0 bridgehead atoms. The summed E-state index contributed by atoms with van der Waals surface area (Å²) in [7, 11) is -3.55. The van der Waals surface area contributed by atoms with Gasteiger partial charge in [0.2, 0.25) is 10.0 Å². The lowest BCUT2D eigenvalue weighted by molar-refractivity contribution is -0.384. The summed E-state index contributed by atoms with van der Waals surface area (Å²) in [5.41, 5.74) is -0.00655. The second kappa shape index (κ2) is 7.79. The molecular formula is C15H19N3O7S. The molecule has 2 atom stereocenters. The van der Waals surface area contributed by atoms with E-state index in [1.165, 1.54) is 31.2 Å². The highest BCUT2D eigenvalue weighted by molar-refractivity contribution is 7.88. The Kier molecular flexibility index (Phi) is 5.93. The van der Waals surface area contributed by atoms with Crippen LogP contribution in [0.2, 0.25) is 0 Å². The van der Waals surface area contributed by atoms with Crippen molar-refractivity contribution in [1.29, 1.82) is 0 Å². The third-order valence-corrected chi connectivity index (χ3v) is 5.18. The molecule has 0 saturated carbocycles. The maximum Gasteiger partial charge on any atom is 0.325 e. The van der Waals surface area contributed by atoms with E-state index < -0.39 is 39.0 Å². The predicted octanol–water partition coefficient (Wildman–Crippen LogP) is 0.889. The number of nitro benzene ring substituents is 1. The third kappa shape index (κ3) is 4.76. The van der Waals surface area contributed by atoms with E-state index in [4.69, 9.17) is 4.74 Å². The number of anilines is 1. The van der Waals surface area contributed by atoms with Crippen molar-refractivity contribution in [3.8, 4) is 0 Å². The summed E-state index contributed by atoms with van der Waals surface area (Å²) in [6.45, 7) is 1.57. The molecule has 1 aliphatic heterocycles. The molecule has 1 fully saturated rings. The van der Waals surface area contributed by atoms with Gasteiger partial charge >= 0.3 is 5.97 Å². The molecule has 1 amide bonds. The number of nitrogens with one attached hydrogen (secondary N) is 1. The lowest BCUT2D eigenvalue weighted by Gasteiger charge is -2.22. The number of nitrogens with zero attached hydrogens (tertiary/aromatic N) is 2. The number of carbonyl (C=O) groups is 2. The Labute approximate surface area is 150 Å². The van der Waals surface area contributed by atoms with Gasteiger partial charge in [-0.05, 0) is 25.8 Å². The van der Waals surface area contributed by atoms with Crippen molar-refractivity contribution in [3.63, 3.8) is 0 Å². The zero-order chi connectivity index (χ0) is 19.5. The molecule has 1 aromatic rings. The van der Waals surface area contributed by atoms with Gasteiger partial charge in [0, 0.05) is 24.4 Å². The number of rotatable bonds is 6. The van der Waals surface area contributed by atoms with Crippen LogP contribution in [0.1, 0.15) is 19.8 Å². The maximum atomic E-state index is 12.2. The van der Waals surface area contributed by atoms with E-state index in [1.54, 1.807) is 0 Å². The molecule has 10 nitrogen and oxygen atoms in total. The Balaban J connectivity index is 1.99. The molecule has 1 aromatic carbocycles. The summed E-state index contributed by atoms with van der Waals surface area (Å²) in [4.78, 5) is 34.5. The first-order valence-electron chi connectivity index (χ1n) is 7.82. The fourth-order valence-corrected chi connectivity index (χ4v) is 3.73. The van der Waals surface area contributed by atoms with Gasteiger partial charge in [-0.2, -0.15) is 4.31 Å². The zero-order valence-corrected chi connectivity index (χ0v) is 15.1. The molecule has 0 aromatic heterocycles. The summed E-state index contributed by atoms with van der Waals surface area (Å²) in [6, 6.07) is 4.38. The van der Waals surface area contributed by atoms with Gasteiger partial charge in [-0.15, -0.1) is 0 Å². The number of ether oxygens (including phenoxy) is 1. The Hall–Kier alpha value is -2.53. The van der Waals surface area contributed by atoms with E-state index in [1.807, 2.05) is 0 Å². The van der Waals surface area contributed by atoms with Gasteiger partial charge in [0.15, 0.2) is 6.10 Å². The standard InChI is InChI=1S/C15H19N3O7S/c1-10(14(19)16-11-5-3-6-12(9-11)18(21)22)25-15(20)13-7-4-8-17(13)26(2,23)24/h3,5-6,9-10,13H,4,7-8H2,1-2H3,(H,16,19)/t10-,13-/m0/s1. The van der Waals surface area contributed by atoms with Crippen LogP contribution in [0.25, 0.3) is 0 Å². The smallest absolute Gasteiger partial charge is 0.325 e. The predicted molar refractivity (Wildman–Crippen MR) is 91.9 cm³/mol. The zero-order valence-electron chi connectivity index (χ0n) is 14.2. The molecule has 0 aliphatic carbocycles. The number of non-ortho nitro benzene ring substituents is 1. The van der Waals surface area contributed by atoms with Crippen LogP contribution in [0, 0.1) is 10.1 Å². The van der Waals surface area contributed by atoms with Gasteiger partial charge in [0.25, 0.3) is 11.6 Å². The largest absolute Gasteiger partial charge is 0.451 e. The van der Waals surface area contributed by atoms with Crippen LogP contribution in [0.5, 0.6) is 0 Å². The number of amides is 1. The highest BCUT2D eigenvalue weighted by Gasteiger charge is 2.38. The summed E-state index contributed by atoms with van der Waals surface area (Å²) >= 11 is 0. The van der Waals surface area contributed by atoms with Crippen LogP contribution in [0.4, 0.5) is 11.4 Å². The summed E-state index contributed by atoms with van der Waals surface area (Å²) in [6.07, 6.45) is 0.673. The second-order valence-corrected chi connectivity index (χ2v) is 7.84. The first kappa shape index (κ1) is 19.8. The van der Waals surface area contributed by atoms with Gasteiger partial charge in [-0.1, -0.05) is 6.07 Å². The van der Waals surface area contributed by atoms with Crippen LogP contribution in [-0.4, -0.2) is 54.5 Å². The maximum absolute atomic E-state index is 12.2. The van der Waals surface area contributed by atoms with E-state index in [9.17, 15) is 28.1 Å². The Morgan fingerprint density at radius 3 is 2.73 bits per heavy atom. The number of esters is 1. The monoisotopic (exact) mass is 385 g/mol. The van der Waals surface area contributed by atoms with Crippen molar-refractivity contribution in [1.82, 2.24) is 4.31 Å². The van der Waals surface area contributed by atoms with Crippen LogP contribution in [0.15, 0.2) is 24.3 Å². The van der Waals surface area contributed by atoms with E-state index in [0.29, 0.717) is 12.8 Å². The minimum absolute atomic E-state index is 0.186. The quantitative estimate of drug-likeness (QED) is 0.436. The molecule has 1 aliphatic rings. The lowest BCUT2D eigenvalue weighted by atomic mass is 10.2. The molecule has 2 rings (SSSR count). The van der Waals surface area contributed by atoms with Crippen molar-refractivity contribution in [2.24, 2.45) is 0 Å². The van der Waals surface area contributed by atoms with Crippen LogP contribution >= 0.6 is 0 Å². The SMILES string of the molecule is C[C@H](OC(=O)[C@@H]1CCCN1S(C)(=O)=O)C(=O)Nc1cccc([N+](=O)[O-])c1. The summed E-state index contributed by atoms with van der Waals surface area (Å²) < 4.78 is 29.5. The van der Waals surface area contributed by atoms with Crippen molar-refractivity contribution >= 4 is 33.3 Å². The van der Waals surface area contributed by atoms with E-state index in [2.05, 4.69) is 5.32 Å². The number of nitro groups is 1. The number of benzene rings is 1. The fraction of sp³-hybridized carbons (Fsp3) is 0.467. The summed E-state index contributed by atoms with van der Waals surface area (Å²) in [5.74, 6) is -1.47. The Morgan fingerprint density at radius 2 is 2.12 bits per heavy atom. The first-order chi connectivity index (χ1) is 12.1. The molecule has 1 saturated heterocycles. The molecular weight excluding hydrogens is 366 g/mol. The van der Waals surface area contributed by atoms with Crippen molar-refractivity contribution in [2.45, 2.75) is 31.9 Å². The van der Waals surface area contributed by atoms with Gasteiger partial charge in [0.05, 0.1) is 11.2 Å². The van der Waals surface area contributed by atoms with Crippen LogP contribution in [0.3, 0.4) is 0 Å². The molecule has 1 N–H and O–H groups in total. The van der Waals surface area contributed by atoms with Gasteiger partial charge in [-0.3, -0.25) is 19.7 Å². The highest BCUT2D eigenvalue weighted by atomic mass is 32.2. The minimum Gasteiger partial charge on any atom is -0.451 e. The topological polar surface area (TPSA) is 136 Å². The van der Waals surface area contributed by atoms with Crippen LogP contribution < -0.4 is 5.32 Å². The summed E-state index contributed by atoms with van der Waals surface area (Å²) in [5, 5.41) is 13.2. The van der Waals surface area contributed by atoms with Gasteiger partial charge in [-0.25, -0.2) is 8.42 Å². The van der Waals surface area contributed by atoms with Crippen LogP contribution in [-0.2, 0) is 24.3 Å². The number of carbonyl (C=O) groups excluding carboxylic acids is 2. The number of hydrogen-bond donors (Lipinski definition) is 1. The number of hydrogen-bond acceptors (Lipinski definition) is 7. The molecule has 142 valence electrons. The van der Waals surface area contributed by atoms with E-state index in [0.717, 1.165) is 10.6 Å². The van der Waals surface area contributed by atoms with E-state index in [-0.39, 0.29) is 17.9 Å². The van der Waals surface area contributed by atoms with Crippen molar-refractivity contribution < 1.29 is 27.7 Å². The average molecular weight is 385 g/mol. The Bertz CT molecular complexity index is 824. The molecule has 26 heavy (non-hydrogen) atoms. The molecule has 0 spiro atoms. The molecule has 0 radical (unpaired) electrons. The fourth-order valence-electron chi connectivity index (χ4n) is 2.62. The van der Waals surface area contributed by atoms with Gasteiger partial charge in [0.1, 0.15) is 6.04 Å². The highest BCUT2D eigenvalue weighted by Crippen LogP contribution is 2.22. The van der Waals surface area contributed by atoms with Crippen molar-refractivity contribution in [3.05, 3.63) is 34.4 Å². The minimum atomic E-state index is -3.55. The average Bonchev–Trinajstić information content (AvgIpc) is 3.05. The lowest BCUT2D eigenvalue weighted by Crippen LogP contribution is -2.43. The number of sulfonamides is 1. The molecule has 0 unspecified atom stereocenters. The second-order valence-electron chi connectivity index (χ2n) is 5.91. The molecule has 11 heteroatoms. The normalized spacial score (nSPS) is 18.9. The van der Waals surface area contributed by atoms with Gasteiger partial charge < -0.3 is 10.1 Å². The molecule has 1 heterocycles. The Morgan fingerprint density at radius 1 is 1.42 bits per heavy atom. The first-order valence-corrected chi connectivity index (χ1v) is 9.67. The third-order valence-electron chi connectivity index (χ3n) is 3.89.